The van der Waals surface area contributed by atoms with Crippen LogP contribution in [0, 0.1) is 0 Å². The lowest BCUT2D eigenvalue weighted by molar-refractivity contribution is 0.246. The molecule has 46 heavy (non-hydrogen) atoms. The van der Waals surface area contributed by atoms with Gasteiger partial charge in [0.05, 0.1) is 34.4 Å². The number of allylic oxidation sites excluding steroid dienone is 3. The standard InChI is InChI=1S/C40H38O4P2/c1-41-29-25-35(43-3)39(37(27-29)45(31-17-9-5-10-18-31)32-19-11-6-12-20-32)40-36(44-4)26-30(42-2)28-38(40)46(33-21-13-7-14-22-33)34-23-15-8-16-24-34/h5-28,37,39H,1-4H3. The van der Waals surface area contributed by atoms with Crippen LogP contribution >= 0.6 is 15.8 Å². The number of rotatable bonds is 11. The van der Waals surface area contributed by atoms with Crippen molar-refractivity contribution in [2.24, 2.45) is 0 Å². The van der Waals surface area contributed by atoms with Crippen LogP contribution in [0.2, 0.25) is 0 Å². The van der Waals surface area contributed by atoms with Gasteiger partial charge in [-0.1, -0.05) is 121 Å². The van der Waals surface area contributed by atoms with E-state index in [-0.39, 0.29) is 11.6 Å². The lowest BCUT2D eigenvalue weighted by atomic mass is 9.88. The van der Waals surface area contributed by atoms with Gasteiger partial charge < -0.3 is 18.9 Å². The molecular formula is C40H38O4P2. The number of methoxy groups -OCH3 is 4. The Morgan fingerprint density at radius 1 is 0.522 bits per heavy atom. The third-order valence-electron chi connectivity index (χ3n) is 8.24. The molecule has 2 unspecified atom stereocenters. The predicted octanol–water partition coefficient (Wildman–Crippen LogP) is 7.12. The average molecular weight is 645 g/mol. The number of ether oxygens (including phenoxy) is 4. The number of benzene rings is 5. The van der Waals surface area contributed by atoms with Crippen molar-refractivity contribution in [2.75, 3.05) is 28.4 Å². The Hall–Kier alpha value is -4.36. The first-order chi connectivity index (χ1) is 22.7. The molecule has 0 saturated heterocycles. The fourth-order valence-electron chi connectivity index (χ4n) is 6.18. The van der Waals surface area contributed by atoms with E-state index in [4.69, 9.17) is 18.9 Å². The second kappa shape index (κ2) is 14.8. The van der Waals surface area contributed by atoms with Gasteiger partial charge in [0.25, 0.3) is 0 Å². The van der Waals surface area contributed by atoms with Crippen LogP contribution in [0.25, 0.3) is 0 Å². The molecule has 0 aromatic heterocycles. The Bertz CT molecular complexity index is 1710. The molecule has 0 amide bonds. The van der Waals surface area contributed by atoms with Gasteiger partial charge in [-0.15, -0.1) is 0 Å². The predicted molar refractivity (Wildman–Crippen MR) is 194 cm³/mol. The SMILES string of the molecule is COC1=CC(P(c2ccccc2)c2ccccc2)C(c2c(OC)cc(OC)cc2P(c2ccccc2)c2ccccc2)C(OC)=C1. The summed E-state index contributed by atoms with van der Waals surface area (Å²) in [5.41, 5.74) is 1.09. The quantitative estimate of drug-likeness (QED) is 0.144. The minimum atomic E-state index is -1.01. The van der Waals surface area contributed by atoms with E-state index in [1.807, 2.05) is 12.1 Å². The summed E-state index contributed by atoms with van der Waals surface area (Å²) >= 11 is 0. The van der Waals surface area contributed by atoms with Gasteiger partial charge in [0.15, 0.2) is 0 Å². The molecule has 0 fully saturated rings. The summed E-state index contributed by atoms with van der Waals surface area (Å²) in [6.07, 6.45) is 4.32. The second-order valence-corrected chi connectivity index (χ2v) is 15.4. The van der Waals surface area contributed by atoms with E-state index in [2.05, 4.69) is 133 Å². The highest BCUT2D eigenvalue weighted by Crippen LogP contribution is 2.54. The van der Waals surface area contributed by atoms with Crippen molar-refractivity contribution in [1.29, 1.82) is 0 Å². The molecule has 4 nitrogen and oxygen atoms in total. The van der Waals surface area contributed by atoms with Crippen molar-refractivity contribution in [3.05, 3.63) is 163 Å². The van der Waals surface area contributed by atoms with Crippen molar-refractivity contribution >= 4 is 42.4 Å². The van der Waals surface area contributed by atoms with Gasteiger partial charge in [0, 0.05) is 23.4 Å². The highest BCUT2D eigenvalue weighted by molar-refractivity contribution is 7.80. The Morgan fingerprint density at radius 2 is 1.02 bits per heavy atom. The summed E-state index contributed by atoms with van der Waals surface area (Å²) in [4.78, 5) is 0. The molecule has 6 heteroatoms. The second-order valence-electron chi connectivity index (χ2n) is 10.8. The van der Waals surface area contributed by atoms with E-state index in [0.717, 1.165) is 28.6 Å². The minimum Gasteiger partial charge on any atom is -0.500 e. The molecule has 0 spiro atoms. The molecule has 2 atom stereocenters. The third-order valence-corrected chi connectivity index (χ3v) is 13.5. The first-order valence-corrected chi connectivity index (χ1v) is 18.0. The van der Waals surface area contributed by atoms with E-state index >= 15 is 0 Å². The van der Waals surface area contributed by atoms with E-state index in [1.165, 1.54) is 26.5 Å². The summed E-state index contributed by atoms with van der Waals surface area (Å²) in [7, 11) is 5.02. The van der Waals surface area contributed by atoms with Crippen molar-refractivity contribution in [2.45, 2.75) is 11.6 Å². The van der Waals surface area contributed by atoms with Gasteiger partial charge in [0.2, 0.25) is 0 Å². The largest absolute Gasteiger partial charge is 0.500 e. The molecule has 5 aromatic carbocycles. The van der Waals surface area contributed by atoms with Crippen LogP contribution in [0.4, 0.5) is 0 Å². The molecule has 0 N–H and O–H groups in total. The summed E-state index contributed by atoms with van der Waals surface area (Å²) in [6.45, 7) is 0. The van der Waals surface area contributed by atoms with E-state index in [0.29, 0.717) is 0 Å². The van der Waals surface area contributed by atoms with Gasteiger partial charge in [-0.2, -0.15) is 0 Å². The fourth-order valence-corrected chi connectivity index (χ4v) is 11.6. The maximum absolute atomic E-state index is 6.32. The molecule has 6 rings (SSSR count). The molecule has 0 radical (unpaired) electrons. The summed E-state index contributed by atoms with van der Waals surface area (Å²) in [5, 5.41) is 6.23. The maximum Gasteiger partial charge on any atom is 0.127 e. The zero-order valence-electron chi connectivity index (χ0n) is 26.5. The Balaban J connectivity index is 1.68. The van der Waals surface area contributed by atoms with Gasteiger partial charge in [0.1, 0.15) is 23.0 Å². The van der Waals surface area contributed by atoms with Crippen molar-refractivity contribution < 1.29 is 18.9 Å². The zero-order chi connectivity index (χ0) is 31.9. The van der Waals surface area contributed by atoms with Crippen molar-refractivity contribution in [1.82, 2.24) is 0 Å². The smallest absolute Gasteiger partial charge is 0.127 e. The molecular weight excluding hydrogens is 606 g/mol. The third kappa shape index (κ3) is 6.47. The Labute approximate surface area is 274 Å². The molecule has 1 aliphatic carbocycles. The summed E-state index contributed by atoms with van der Waals surface area (Å²) in [6, 6.07) is 47.4. The molecule has 0 bridgehead atoms. The first kappa shape index (κ1) is 31.6. The Kier molecular flexibility index (Phi) is 10.2. The molecule has 232 valence electrons. The van der Waals surface area contributed by atoms with E-state index in [1.54, 1.807) is 28.4 Å². The number of hydrogen-bond acceptors (Lipinski definition) is 4. The maximum atomic E-state index is 6.32. The monoisotopic (exact) mass is 644 g/mol. The highest BCUT2D eigenvalue weighted by Gasteiger charge is 2.41. The number of hydrogen-bond donors (Lipinski definition) is 0. The first-order valence-electron chi connectivity index (χ1n) is 15.2. The molecule has 0 heterocycles. The van der Waals surface area contributed by atoms with Crippen LogP contribution in [0.3, 0.4) is 0 Å². The lowest BCUT2D eigenvalue weighted by Crippen LogP contribution is -2.34. The normalized spacial score (nSPS) is 16.0. The molecule has 5 aromatic rings. The van der Waals surface area contributed by atoms with E-state index in [9.17, 15) is 0 Å². The average Bonchev–Trinajstić information content (AvgIpc) is 3.13. The van der Waals surface area contributed by atoms with Crippen LogP contribution in [-0.4, -0.2) is 34.1 Å². The van der Waals surface area contributed by atoms with Gasteiger partial charge in [-0.3, -0.25) is 0 Å². The van der Waals surface area contributed by atoms with Gasteiger partial charge in [-0.05, 0) is 54.5 Å². The van der Waals surface area contributed by atoms with Crippen LogP contribution in [0.1, 0.15) is 11.5 Å². The molecule has 0 aliphatic heterocycles. The van der Waals surface area contributed by atoms with Crippen molar-refractivity contribution in [3.8, 4) is 11.5 Å². The van der Waals surface area contributed by atoms with Gasteiger partial charge in [-0.25, -0.2) is 0 Å². The lowest BCUT2D eigenvalue weighted by Gasteiger charge is -2.38. The minimum absolute atomic E-state index is 0.0147. The van der Waals surface area contributed by atoms with Crippen LogP contribution in [0.5, 0.6) is 11.5 Å². The highest BCUT2D eigenvalue weighted by atomic mass is 31.1. The Morgan fingerprint density at radius 3 is 1.46 bits per heavy atom. The van der Waals surface area contributed by atoms with Crippen LogP contribution < -0.4 is 36.0 Å². The summed E-state index contributed by atoms with van der Waals surface area (Å²) in [5.74, 6) is 2.98. The topological polar surface area (TPSA) is 36.9 Å². The van der Waals surface area contributed by atoms with E-state index < -0.39 is 15.8 Å². The summed E-state index contributed by atoms with van der Waals surface area (Å²) < 4.78 is 24.5. The molecule has 0 saturated carbocycles. The zero-order valence-corrected chi connectivity index (χ0v) is 28.3. The van der Waals surface area contributed by atoms with Gasteiger partial charge >= 0.3 is 0 Å². The van der Waals surface area contributed by atoms with Crippen LogP contribution in [0.15, 0.2) is 157 Å². The molecule has 1 aliphatic rings. The fraction of sp³-hybridized carbons (Fsp3) is 0.150. The van der Waals surface area contributed by atoms with Crippen LogP contribution in [-0.2, 0) is 9.47 Å². The van der Waals surface area contributed by atoms with Crippen molar-refractivity contribution in [3.63, 3.8) is 0 Å².